The van der Waals surface area contributed by atoms with Gasteiger partial charge in [-0.05, 0) is 141 Å². The third-order valence-corrected chi connectivity index (χ3v) is 12.5. The summed E-state index contributed by atoms with van der Waals surface area (Å²) in [4.78, 5) is 38.3. The Balaban J connectivity index is 4.54. The van der Waals surface area contributed by atoms with E-state index in [0.29, 0.717) is 19.3 Å². The van der Waals surface area contributed by atoms with Crippen LogP contribution in [0, 0.1) is 0 Å². The van der Waals surface area contributed by atoms with Crippen molar-refractivity contribution in [2.75, 3.05) is 13.2 Å². The zero-order valence-corrected chi connectivity index (χ0v) is 49.4. The number of hydrogen-bond donors (Lipinski definition) is 0. The summed E-state index contributed by atoms with van der Waals surface area (Å²) in [5.41, 5.74) is 0. The fourth-order valence-corrected chi connectivity index (χ4v) is 7.92. The molecule has 0 aliphatic carbocycles. The molecule has 1 unspecified atom stereocenters. The minimum atomic E-state index is -0.824. The highest BCUT2D eigenvalue weighted by atomic mass is 16.6. The Labute approximate surface area is 473 Å². The molecule has 432 valence electrons. The third kappa shape index (κ3) is 61.8. The second kappa shape index (κ2) is 63.6. The summed E-state index contributed by atoms with van der Waals surface area (Å²) in [6, 6.07) is 0. The van der Waals surface area contributed by atoms with Gasteiger partial charge < -0.3 is 14.2 Å². The van der Waals surface area contributed by atoms with Crippen molar-refractivity contribution >= 4 is 17.9 Å². The van der Waals surface area contributed by atoms with Gasteiger partial charge in [-0.3, -0.25) is 14.4 Å². The highest BCUT2D eigenvalue weighted by Gasteiger charge is 2.19. The van der Waals surface area contributed by atoms with Crippen LogP contribution < -0.4 is 0 Å². The molecule has 0 spiro atoms. The molecule has 0 rings (SSSR count). The van der Waals surface area contributed by atoms with Gasteiger partial charge in [0.2, 0.25) is 0 Å². The van der Waals surface area contributed by atoms with Crippen molar-refractivity contribution in [2.24, 2.45) is 0 Å². The average Bonchev–Trinajstić information content (AvgIpc) is 3.43. The maximum atomic E-state index is 12.9. The molecule has 0 amide bonds. The normalized spacial score (nSPS) is 13.2. The Morgan fingerprint density at radius 3 is 0.844 bits per heavy atom. The Morgan fingerprint density at radius 2 is 0.519 bits per heavy atom. The van der Waals surface area contributed by atoms with E-state index in [1.807, 2.05) is 0 Å². The van der Waals surface area contributed by atoms with Crippen molar-refractivity contribution < 1.29 is 28.6 Å². The van der Waals surface area contributed by atoms with Crippen molar-refractivity contribution in [3.63, 3.8) is 0 Å². The first-order chi connectivity index (χ1) is 38.0. The number of hydrogen-bond acceptors (Lipinski definition) is 6. The monoisotopic (exact) mass is 1060 g/mol. The highest BCUT2D eigenvalue weighted by molar-refractivity contribution is 5.71. The van der Waals surface area contributed by atoms with E-state index in [2.05, 4.69) is 179 Å². The topological polar surface area (TPSA) is 78.9 Å². The van der Waals surface area contributed by atoms with E-state index in [9.17, 15) is 14.4 Å². The molecule has 0 aliphatic heterocycles. The number of rotatable bonds is 54. The van der Waals surface area contributed by atoms with Gasteiger partial charge in [0.15, 0.2) is 6.10 Å². The first kappa shape index (κ1) is 72.0. The molecule has 77 heavy (non-hydrogen) atoms. The van der Waals surface area contributed by atoms with Crippen LogP contribution in [0.3, 0.4) is 0 Å². The van der Waals surface area contributed by atoms with E-state index in [1.54, 1.807) is 0 Å². The molecule has 0 saturated carbocycles. The molecule has 0 aromatic carbocycles. The highest BCUT2D eigenvalue weighted by Crippen LogP contribution is 2.14. The molecule has 0 saturated heterocycles. The van der Waals surface area contributed by atoms with Gasteiger partial charge in [0.05, 0.1) is 0 Å². The Morgan fingerprint density at radius 1 is 0.273 bits per heavy atom. The minimum Gasteiger partial charge on any atom is -0.462 e. The van der Waals surface area contributed by atoms with E-state index in [-0.39, 0.29) is 37.5 Å². The van der Waals surface area contributed by atoms with Gasteiger partial charge in [-0.1, -0.05) is 249 Å². The molecule has 0 N–H and O–H groups in total. The standard InChI is InChI=1S/C71H112O6/c1-4-7-10-13-16-19-22-25-28-31-33-34-35-36-38-40-43-46-49-52-55-58-61-64-70(73)76-67-68(66-75-69(72)63-60-57-54-51-48-45-42-39-30-27-24-21-18-15-12-9-6-3)77-71(74)65-62-59-56-53-50-47-44-41-37-32-29-26-23-20-17-14-11-8-5-2/h7,9-10,12,16-21,25-30,33-34,36,38,42-43,45-46,51,54,68H,4-6,8,11,13-15,22-24,31-32,35,37,39-41,44,47-50,52-53,55-67H2,1-3H3/b10-7-,12-9-,19-16-,20-17-,21-18-,28-25-,29-26-,30-27-,34-33-,38-36-,45-42-,46-43-,54-51-. The van der Waals surface area contributed by atoms with E-state index in [1.165, 1.54) is 70.6 Å². The second-order valence-corrected chi connectivity index (χ2v) is 19.8. The molecule has 0 fully saturated rings. The summed E-state index contributed by atoms with van der Waals surface area (Å²) < 4.78 is 16.8. The summed E-state index contributed by atoms with van der Waals surface area (Å²) in [6.45, 7) is 6.31. The van der Waals surface area contributed by atoms with Crippen LogP contribution in [0.4, 0.5) is 0 Å². The molecule has 0 aromatic heterocycles. The van der Waals surface area contributed by atoms with E-state index >= 15 is 0 Å². The predicted molar refractivity (Wildman–Crippen MR) is 334 cm³/mol. The molecule has 6 nitrogen and oxygen atoms in total. The molecule has 1 atom stereocenters. The van der Waals surface area contributed by atoms with Crippen LogP contribution in [-0.4, -0.2) is 37.2 Å². The molecule has 0 bridgehead atoms. The largest absolute Gasteiger partial charge is 0.462 e. The first-order valence-corrected chi connectivity index (χ1v) is 31.0. The minimum absolute atomic E-state index is 0.118. The lowest BCUT2D eigenvalue weighted by Gasteiger charge is -2.18. The smallest absolute Gasteiger partial charge is 0.306 e. The van der Waals surface area contributed by atoms with Crippen LogP contribution in [0.25, 0.3) is 0 Å². The lowest BCUT2D eigenvalue weighted by Crippen LogP contribution is -2.30. The van der Waals surface area contributed by atoms with Crippen LogP contribution in [0.1, 0.15) is 252 Å². The van der Waals surface area contributed by atoms with Gasteiger partial charge >= 0.3 is 17.9 Å². The van der Waals surface area contributed by atoms with Crippen LogP contribution in [0.2, 0.25) is 0 Å². The molecule has 0 radical (unpaired) electrons. The maximum absolute atomic E-state index is 12.9. The molecule has 6 heteroatoms. The van der Waals surface area contributed by atoms with Gasteiger partial charge in [-0.25, -0.2) is 0 Å². The Hall–Kier alpha value is -4.97. The summed E-state index contributed by atoms with van der Waals surface area (Å²) in [5, 5.41) is 0. The summed E-state index contributed by atoms with van der Waals surface area (Å²) in [6.07, 6.45) is 92.4. The predicted octanol–water partition coefficient (Wildman–Crippen LogP) is 21.3. The van der Waals surface area contributed by atoms with Gasteiger partial charge in [0.1, 0.15) is 13.2 Å². The lowest BCUT2D eigenvalue weighted by atomic mass is 10.1. The van der Waals surface area contributed by atoms with Crippen LogP contribution >= 0.6 is 0 Å². The Bertz CT molecular complexity index is 1740. The van der Waals surface area contributed by atoms with Crippen molar-refractivity contribution in [3.05, 3.63) is 158 Å². The number of unbranched alkanes of at least 4 members (excludes halogenated alkanes) is 17. The fourth-order valence-electron chi connectivity index (χ4n) is 7.92. The second-order valence-electron chi connectivity index (χ2n) is 19.8. The third-order valence-electron chi connectivity index (χ3n) is 12.5. The summed E-state index contributed by atoms with van der Waals surface area (Å²) in [5.74, 6) is -1.01. The molecule has 0 heterocycles. The molecular weight excluding hydrogens is 949 g/mol. The van der Waals surface area contributed by atoms with Crippen LogP contribution in [-0.2, 0) is 28.6 Å². The molecular formula is C71H112O6. The number of esters is 3. The summed E-state index contributed by atoms with van der Waals surface area (Å²) in [7, 11) is 0. The SMILES string of the molecule is CC/C=C\C/C=C\C/C=C\C/C=C\C/C=C\C/C=C\CCCCCCC(=O)OCC(COC(=O)CCC/C=C\C/C=C\C/C=C\C/C=C\C/C=C\CC)OC(=O)CCCCCCCCCCC/C=C\C/C=C\CCCCC. The van der Waals surface area contributed by atoms with Gasteiger partial charge in [0, 0.05) is 19.3 Å². The lowest BCUT2D eigenvalue weighted by molar-refractivity contribution is -0.167. The quantitative estimate of drug-likeness (QED) is 0.0261. The van der Waals surface area contributed by atoms with Gasteiger partial charge in [0.25, 0.3) is 0 Å². The van der Waals surface area contributed by atoms with Gasteiger partial charge in [-0.15, -0.1) is 0 Å². The van der Waals surface area contributed by atoms with E-state index < -0.39 is 6.10 Å². The van der Waals surface area contributed by atoms with E-state index in [4.69, 9.17) is 14.2 Å². The van der Waals surface area contributed by atoms with Crippen molar-refractivity contribution in [2.45, 2.75) is 258 Å². The first-order valence-electron chi connectivity index (χ1n) is 31.0. The zero-order valence-electron chi connectivity index (χ0n) is 49.4. The van der Waals surface area contributed by atoms with Crippen LogP contribution in [0.5, 0.6) is 0 Å². The summed E-state index contributed by atoms with van der Waals surface area (Å²) >= 11 is 0. The van der Waals surface area contributed by atoms with E-state index in [0.717, 1.165) is 135 Å². The maximum Gasteiger partial charge on any atom is 0.306 e. The molecule has 0 aromatic rings. The Kier molecular flexibility index (Phi) is 59.5. The van der Waals surface area contributed by atoms with Crippen molar-refractivity contribution in [3.8, 4) is 0 Å². The average molecular weight is 1060 g/mol. The number of ether oxygens (including phenoxy) is 3. The van der Waals surface area contributed by atoms with Crippen molar-refractivity contribution in [1.29, 1.82) is 0 Å². The molecule has 0 aliphatic rings. The van der Waals surface area contributed by atoms with Crippen molar-refractivity contribution in [1.82, 2.24) is 0 Å². The number of carbonyl (C=O) groups excluding carboxylic acids is 3. The fraction of sp³-hybridized carbons (Fsp3) is 0.592. The number of allylic oxidation sites excluding steroid dienone is 26. The number of carbonyl (C=O) groups is 3. The zero-order chi connectivity index (χ0) is 55.7. The van der Waals surface area contributed by atoms with Crippen LogP contribution in [0.15, 0.2) is 158 Å². The van der Waals surface area contributed by atoms with Gasteiger partial charge in [-0.2, -0.15) is 0 Å².